The second-order valence-corrected chi connectivity index (χ2v) is 5.28. The average Bonchev–Trinajstić information content (AvgIpc) is 2.27. The van der Waals surface area contributed by atoms with E-state index in [1.165, 1.54) is 0 Å². The molecule has 1 aromatic heterocycles. The summed E-state index contributed by atoms with van der Waals surface area (Å²) < 4.78 is 1.88. The van der Waals surface area contributed by atoms with Gasteiger partial charge in [0, 0.05) is 4.47 Å². The maximum absolute atomic E-state index is 11.9. The summed E-state index contributed by atoms with van der Waals surface area (Å²) in [6.07, 6.45) is 1.96. The molecule has 0 N–H and O–H groups in total. The van der Waals surface area contributed by atoms with Crippen LogP contribution in [0, 0.1) is 12.1 Å². The summed E-state index contributed by atoms with van der Waals surface area (Å²) in [5, 5.41) is 12.8. The number of aromatic nitrogens is 2. The third-order valence-corrected chi connectivity index (χ3v) is 3.45. The fourth-order valence-corrected chi connectivity index (χ4v) is 2.40. The number of fused-ring (bicyclic) bond motifs is 1. The number of hydrogen-bond donors (Lipinski definition) is 0. The SMILES string of the molecule is CSCc1nc2ccc(Br)cc2c(C)[n+]1[O-]. The van der Waals surface area contributed by atoms with Crippen molar-refractivity contribution >= 4 is 38.6 Å². The summed E-state index contributed by atoms with van der Waals surface area (Å²) in [6.45, 7) is 1.83. The highest BCUT2D eigenvalue weighted by Gasteiger charge is 2.14. The molecule has 84 valence electrons. The molecule has 0 atom stereocenters. The topological polar surface area (TPSA) is 39.8 Å². The molecule has 0 radical (unpaired) electrons. The lowest BCUT2D eigenvalue weighted by Gasteiger charge is -2.10. The van der Waals surface area contributed by atoms with Gasteiger partial charge in [0.05, 0.1) is 11.1 Å². The Hall–Kier alpha value is -0.810. The monoisotopic (exact) mass is 298 g/mol. The summed E-state index contributed by atoms with van der Waals surface area (Å²) in [5.74, 6) is 1.20. The maximum atomic E-state index is 11.9. The van der Waals surface area contributed by atoms with Crippen molar-refractivity contribution in [2.24, 2.45) is 0 Å². The molecule has 0 saturated heterocycles. The minimum Gasteiger partial charge on any atom is -0.711 e. The highest BCUT2D eigenvalue weighted by molar-refractivity contribution is 9.10. The highest BCUT2D eigenvalue weighted by atomic mass is 79.9. The van der Waals surface area contributed by atoms with E-state index in [1.54, 1.807) is 11.8 Å². The van der Waals surface area contributed by atoms with E-state index < -0.39 is 0 Å². The summed E-state index contributed by atoms with van der Waals surface area (Å²) in [6, 6.07) is 5.79. The second kappa shape index (κ2) is 4.59. The van der Waals surface area contributed by atoms with Gasteiger partial charge in [0.1, 0.15) is 5.69 Å². The van der Waals surface area contributed by atoms with Gasteiger partial charge in [-0.1, -0.05) is 15.9 Å². The van der Waals surface area contributed by atoms with Gasteiger partial charge in [0.2, 0.25) is 0 Å². The van der Waals surface area contributed by atoms with E-state index in [0.717, 1.165) is 20.1 Å². The van der Waals surface area contributed by atoms with Gasteiger partial charge >= 0.3 is 5.82 Å². The van der Waals surface area contributed by atoms with E-state index in [1.807, 2.05) is 31.4 Å². The van der Waals surface area contributed by atoms with Gasteiger partial charge < -0.3 is 5.21 Å². The molecule has 16 heavy (non-hydrogen) atoms. The van der Waals surface area contributed by atoms with Crippen LogP contribution >= 0.6 is 27.7 Å². The molecular weight excluding hydrogens is 288 g/mol. The zero-order chi connectivity index (χ0) is 11.7. The minimum absolute atomic E-state index is 0.569. The Balaban J connectivity index is 2.72. The predicted octanol–water partition coefficient (Wildman–Crippen LogP) is 2.80. The Kier molecular flexibility index (Phi) is 3.35. The smallest absolute Gasteiger partial charge is 0.312 e. The molecule has 0 spiro atoms. The molecule has 0 bridgehead atoms. The van der Waals surface area contributed by atoms with Gasteiger partial charge in [-0.05, 0) is 36.4 Å². The van der Waals surface area contributed by atoms with Crippen molar-refractivity contribution in [2.75, 3.05) is 6.26 Å². The average molecular weight is 299 g/mol. The Bertz CT molecular complexity index is 545. The van der Waals surface area contributed by atoms with Crippen LogP contribution in [0.15, 0.2) is 22.7 Å². The van der Waals surface area contributed by atoms with Crippen LogP contribution in [0.2, 0.25) is 0 Å². The number of benzene rings is 1. The zero-order valence-corrected chi connectivity index (χ0v) is 11.4. The Morgan fingerprint density at radius 1 is 1.50 bits per heavy atom. The van der Waals surface area contributed by atoms with Crippen LogP contribution < -0.4 is 4.73 Å². The molecule has 1 aromatic carbocycles. The first kappa shape index (κ1) is 11.7. The Morgan fingerprint density at radius 3 is 2.94 bits per heavy atom. The van der Waals surface area contributed by atoms with Gasteiger partial charge in [-0.3, -0.25) is 0 Å². The van der Waals surface area contributed by atoms with Crippen LogP contribution in [0.1, 0.15) is 11.5 Å². The second-order valence-electron chi connectivity index (χ2n) is 3.50. The number of hydrogen-bond acceptors (Lipinski definition) is 3. The predicted molar refractivity (Wildman–Crippen MR) is 70.4 cm³/mol. The number of nitrogens with zero attached hydrogens (tertiary/aromatic N) is 2. The van der Waals surface area contributed by atoms with Crippen molar-refractivity contribution < 1.29 is 4.73 Å². The molecule has 0 aliphatic carbocycles. The van der Waals surface area contributed by atoms with E-state index in [-0.39, 0.29) is 0 Å². The van der Waals surface area contributed by atoms with E-state index in [0.29, 0.717) is 17.3 Å². The molecule has 0 saturated carbocycles. The van der Waals surface area contributed by atoms with Crippen molar-refractivity contribution in [1.29, 1.82) is 0 Å². The summed E-state index contributed by atoms with van der Waals surface area (Å²) in [5.41, 5.74) is 1.58. The third kappa shape index (κ3) is 2.01. The fourth-order valence-electron chi connectivity index (χ4n) is 1.60. The number of aryl methyl sites for hydroxylation is 1. The number of halogens is 1. The molecule has 0 amide bonds. The molecule has 3 nitrogen and oxygen atoms in total. The third-order valence-electron chi connectivity index (χ3n) is 2.41. The van der Waals surface area contributed by atoms with Gasteiger partial charge in [-0.2, -0.15) is 11.8 Å². The van der Waals surface area contributed by atoms with Crippen LogP contribution in [0.4, 0.5) is 0 Å². The van der Waals surface area contributed by atoms with Crippen molar-refractivity contribution in [1.82, 2.24) is 4.98 Å². The highest BCUT2D eigenvalue weighted by Crippen LogP contribution is 2.20. The zero-order valence-electron chi connectivity index (χ0n) is 9.03. The summed E-state index contributed by atoms with van der Waals surface area (Å²) in [4.78, 5) is 4.38. The first-order valence-electron chi connectivity index (χ1n) is 4.80. The van der Waals surface area contributed by atoms with Crippen LogP contribution in [0.3, 0.4) is 0 Å². The lowest BCUT2D eigenvalue weighted by Crippen LogP contribution is -2.36. The van der Waals surface area contributed by atoms with Crippen LogP contribution in [0.5, 0.6) is 0 Å². The largest absolute Gasteiger partial charge is 0.711 e. The van der Waals surface area contributed by atoms with Crippen molar-refractivity contribution in [3.05, 3.63) is 39.4 Å². The molecule has 0 aliphatic rings. The van der Waals surface area contributed by atoms with Crippen molar-refractivity contribution in [3.8, 4) is 0 Å². The standard InChI is InChI=1S/C11H11BrN2OS/c1-7-9-5-8(12)3-4-10(9)13-11(6-16-2)14(7)15/h3-5H,6H2,1-2H3. The fraction of sp³-hybridized carbons (Fsp3) is 0.273. The maximum Gasteiger partial charge on any atom is 0.312 e. The molecule has 2 aromatic rings. The lowest BCUT2D eigenvalue weighted by molar-refractivity contribution is -0.621. The van der Waals surface area contributed by atoms with Gasteiger partial charge in [-0.15, -0.1) is 0 Å². The lowest BCUT2D eigenvalue weighted by atomic mass is 10.2. The van der Waals surface area contributed by atoms with E-state index in [2.05, 4.69) is 20.9 Å². The molecule has 5 heteroatoms. The van der Waals surface area contributed by atoms with Crippen molar-refractivity contribution in [2.45, 2.75) is 12.7 Å². The molecule has 2 rings (SSSR count). The molecular formula is C11H11BrN2OS. The Morgan fingerprint density at radius 2 is 2.25 bits per heavy atom. The van der Waals surface area contributed by atoms with E-state index >= 15 is 0 Å². The Labute approximate surface area is 107 Å². The first-order valence-corrected chi connectivity index (χ1v) is 6.99. The summed E-state index contributed by atoms with van der Waals surface area (Å²) >= 11 is 4.99. The molecule has 0 unspecified atom stereocenters. The first-order chi connectivity index (χ1) is 7.63. The normalized spacial score (nSPS) is 10.9. The van der Waals surface area contributed by atoms with Gasteiger partial charge in [0.15, 0.2) is 5.52 Å². The van der Waals surface area contributed by atoms with E-state index in [9.17, 15) is 5.21 Å². The van der Waals surface area contributed by atoms with Crippen molar-refractivity contribution in [3.63, 3.8) is 0 Å². The molecule has 0 aliphatic heterocycles. The molecule has 1 heterocycles. The van der Waals surface area contributed by atoms with Gasteiger partial charge in [-0.25, -0.2) is 4.73 Å². The number of rotatable bonds is 2. The van der Waals surface area contributed by atoms with Crippen LogP contribution in [-0.2, 0) is 5.75 Å². The summed E-state index contributed by atoms with van der Waals surface area (Å²) in [7, 11) is 0. The quantitative estimate of drug-likeness (QED) is 0.632. The number of thioether (sulfide) groups is 1. The minimum atomic E-state index is 0.569. The van der Waals surface area contributed by atoms with E-state index in [4.69, 9.17) is 0 Å². The van der Waals surface area contributed by atoms with Crippen LogP contribution in [-0.4, -0.2) is 11.2 Å². The van der Waals surface area contributed by atoms with Gasteiger partial charge in [0.25, 0.3) is 0 Å². The molecule has 0 fully saturated rings. The van der Waals surface area contributed by atoms with Crippen LogP contribution in [0.25, 0.3) is 10.9 Å².